The standard InChI is InChI=1S/C10H18N4O/c1-3-5-6-12-10(15)9-8(11)7-14(4-2)13-9/h7H,3-6,11H2,1-2H3,(H,12,15). The Bertz CT molecular complexity index is 332. The summed E-state index contributed by atoms with van der Waals surface area (Å²) in [7, 11) is 0. The van der Waals surface area contributed by atoms with Gasteiger partial charge in [-0.2, -0.15) is 5.10 Å². The molecule has 0 radical (unpaired) electrons. The van der Waals surface area contributed by atoms with Crippen LogP contribution in [0.4, 0.5) is 5.69 Å². The van der Waals surface area contributed by atoms with Crippen LogP contribution in [-0.2, 0) is 6.54 Å². The molecule has 0 saturated carbocycles. The van der Waals surface area contributed by atoms with Crippen LogP contribution in [0.3, 0.4) is 0 Å². The lowest BCUT2D eigenvalue weighted by atomic mass is 10.3. The summed E-state index contributed by atoms with van der Waals surface area (Å²) >= 11 is 0. The van der Waals surface area contributed by atoms with Crippen molar-refractivity contribution in [1.82, 2.24) is 15.1 Å². The highest BCUT2D eigenvalue weighted by Crippen LogP contribution is 2.08. The van der Waals surface area contributed by atoms with E-state index in [0.717, 1.165) is 12.8 Å². The number of nitrogens with zero attached hydrogens (tertiary/aromatic N) is 2. The summed E-state index contributed by atoms with van der Waals surface area (Å²) < 4.78 is 1.66. The maximum atomic E-state index is 11.6. The number of rotatable bonds is 5. The molecule has 5 nitrogen and oxygen atoms in total. The summed E-state index contributed by atoms with van der Waals surface area (Å²) in [5.41, 5.74) is 6.44. The molecule has 0 aromatic carbocycles. The summed E-state index contributed by atoms with van der Waals surface area (Å²) in [4.78, 5) is 11.6. The monoisotopic (exact) mass is 210 g/mol. The van der Waals surface area contributed by atoms with Crippen molar-refractivity contribution < 1.29 is 4.79 Å². The van der Waals surface area contributed by atoms with Gasteiger partial charge in [-0.1, -0.05) is 13.3 Å². The SMILES string of the molecule is CCCCNC(=O)c1nn(CC)cc1N. The quantitative estimate of drug-likeness (QED) is 0.712. The third-order valence-electron chi connectivity index (χ3n) is 2.14. The minimum Gasteiger partial charge on any atom is -0.396 e. The number of amides is 1. The van der Waals surface area contributed by atoms with E-state index in [4.69, 9.17) is 5.73 Å². The van der Waals surface area contributed by atoms with Crippen molar-refractivity contribution in [3.8, 4) is 0 Å². The molecular weight excluding hydrogens is 192 g/mol. The Labute approximate surface area is 89.6 Å². The van der Waals surface area contributed by atoms with Gasteiger partial charge < -0.3 is 11.1 Å². The minimum atomic E-state index is -0.187. The molecule has 0 atom stereocenters. The summed E-state index contributed by atoms with van der Waals surface area (Å²) in [6, 6.07) is 0. The molecular formula is C10H18N4O. The van der Waals surface area contributed by atoms with E-state index < -0.39 is 0 Å². The molecule has 0 aliphatic rings. The number of aromatic nitrogens is 2. The Hall–Kier alpha value is -1.52. The van der Waals surface area contributed by atoms with Crippen LogP contribution in [0.25, 0.3) is 0 Å². The van der Waals surface area contributed by atoms with E-state index in [0.29, 0.717) is 24.5 Å². The summed E-state index contributed by atoms with van der Waals surface area (Å²) in [5.74, 6) is -0.187. The van der Waals surface area contributed by atoms with E-state index in [1.54, 1.807) is 10.9 Å². The molecule has 0 fully saturated rings. The van der Waals surface area contributed by atoms with Crippen molar-refractivity contribution in [2.45, 2.75) is 33.2 Å². The van der Waals surface area contributed by atoms with Gasteiger partial charge in [-0.3, -0.25) is 9.48 Å². The molecule has 1 amide bonds. The van der Waals surface area contributed by atoms with E-state index in [2.05, 4.69) is 17.3 Å². The van der Waals surface area contributed by atoms with Crippen LogP contribution in [0.5, 0.6) is 0 Å². The first kappa shape index (κ1) is 11.6. The van der Waals surface area contributed by atoms with Gasteiger partial charge in [-0.15, -0.1) is 0 Å². The zero-order valence-corrected chi connectivity index (χ0v) is 9.29. The fourth-order valence-electron chi connectivity index (χ4n) is 1.24. The molecule has 1 aromatic heterocycles. The molecule has 1 aromatic rings. The topological polar surface area (TPSA) is 72.9 Å². The molecule has 0 aliphatic carbocycles. The predicted octanol–water partition coefficient (Wildman–Crippen LogP) is 1.02. The van der Waals surface area contributed by atoms with Gasteiger partial charge in [0.25, 0.3) is 5.91 Å². The second kappa shape index (κ2) is 5.38. The third kappa shape index (κ3) is 2.97. The summed E-state index contributed by atoms with van der Waals surface area (Å²) in [5, 5.41) is 6.87. The lowest BCUT2D eigenvalue weighted by Crippen LogP contribution is -2.25. The smallest absolute Gasteiger partial charge is 0.273 e. The average Bonchev–Trinajstić information content (AvgIpc) is 2.60. The second-order valence-corrected chi connectivity index (χ2v) is 3.40. The Balaban J connectivity index is 2.60. The fraction of sp³-hybridized carbons (Fsp3) is 0.600. The van der Waals surface area contributed by atoms with Crippen LogP contribution < -0.4 is 11.1 Å². The van der Waals surface area contributed by atoms with Gasteiger partial charge in [-0.25, -0.2) is 0 Å². The van der Waals surface area contributed by atoms with E-state index >= 15 is 0 Å². The van der Waals surface area contributed by atoms with Crippen molar-refractivity contribution >= 4 is 11.6 Å². The van der Waals surface area contributed by atoms with Gasteiger partial charge in [0, 0.05) is 19.3 Å². The highest BCUT2D eigenvalue weighted by molar-refractivity contribution is 5.96. The number of anilines is 1. The first-order valence-electron chi connectivity index (χ1n) is 5.30. The van der Waals surface area contributed by atoms with Gasteiger partial charge in [0.1, 0.15) is 0 Å². The Morgan fingerprint density at radius 3 is 2.87 bits per heavy atom. The Kier molecular flexibility index (Phi) is 4.15. The van der Waals surface area contributed by atoms with Crippen molar-refractivity contribution in [3.05, 3.63) is 11.9 Å². The number of nitrogen functional groups attached to an aromatic ring is 1. The van der Waals surface area contributed by atoms with Crippen LogP contribution in [-0.4, -0.2) is 22.2 Å². The highest BCUT2D eigenvalue weighted by Gasteiger charge is 2.13. The molecule has 1 heterocycles. The first-order chi connectivity index (χ1) is 7.19. The fourth-order valence-corrected chi connectivity index (χ4v) is 1.24. The van der Waals surface area contributed by atoms with Crippen LogP contribution in [0, 0.1) is 0 Å². The van der Waals surface area contributed by atoms with Crippen LogP contribution in [0.1, 0.15) is 37.2 Å². The number of nitrogens with two attached hydrogens (primary N) is 1. The number of carbonyl (C=O) groups is 1. The number of unbranched alkanes of at least 4 members (excludes halogenated alkanes) is 1. The Morgan fingerprint density at radius 1 is 1.60 bits per heavy atom. The molecule has 0 bridgehead atoms. The average molecular weight is 210 g/mol. The van der Waals surface area contributed by atoms with E-state index in [1.807, 2.05) is 6.92 Å². The normalized spacial score (nSPS) is 10.3. The predicted molar refractivity (Wildman–Crippen MR) is 59.6 cm³/mol. The maximum Gasteiger partial charge on any atom is 0.273 e. The largest absolute Gasteiger partial charge is 0.396 e. The van der Waals surface area contributed by atoms with Crippen molar-refractivity contribution in [2.24, 2.45) is 0 Å². The molecule has 0 aliphatic heterocycles. The summed E-state index contributed by atoms with van der Waals surface area (Å²) in [6.07, 6.45) is 3.70. The number of nitrogens with one attached hydrogen (secondary N) is 1. The minimum absolute atomic E-state index is 0.187. The highest BCUT2D eigenvalue weighted by atomic mass is 16.1. The first-order valence-corrected chi connectivity index (χ1v) is 5.30. The number of aryl methyl sites for hydroxylation is 1. The van der Waals surface area contributed by atoms with Crippen LogP contribution in [0.2, 0.25) is 0 Å². The molecule has 0 spiro atoms. The molecule has 15 heavy (non-hydrogen) atoms. The van der Waals surface area contributed by atoms with Crippen LogP contribution >= 0.6 is 0 Å². The van der Waals surface area contributed by atoms with Crippen LogP contribution in [0.15, 0.2) is 6.20 Å². The third-order valence-corrected chi connectivity index (χ3v) is 2.14. The lowest BCUT2D eigenvalue weighted by molar-refractivity contribution is 0.0948. The van der Waals surface area contributed by atoms with E-state index in [9.17, 15) is 4.79 Å². The number of hydrogen-bond donors (Lipinski definition) is 2. The number of hydrogen-bond acceptors (Lipinski definition) is 3. The van der Waals surface area contributed by atoms with E-state index in [1.165, 1.54) is 0 Å². The summed E-state index contributed by atoms with van der Waals surface area (Å²) in [6.45, 7) is 5.41. The second-order valence-electron chi connectivity index (χ2n) is 3.40. The van der Waals surface area contributed by atoms with Gasteiger partial charge in [0.15, 0.2) is 5.69 Å². The van der Waals surface area contributed by atoms with E-state index in [-0.39, 0.29) is 5.91 Å². The lowest BCUT2D eigenvalue weighted by Gasteiger charge is -2.01. The molecule has 1 rings (SSSR count). The number of carbonyl (C=O) groups excluding carboxylic acids is 1. The molecule has 0 saturated heterocycles. The van der Waals surface area contributed by atoms with Gasteiger partial charge in [0.05, 0.1) is 5.69 Å². The van der Waals surface area contributed by atoms with Crippen molar-refractivity contribution in [2.75, 3.05) is 12.3 Å². The molecule has 84 valence electrons. The zero-order valence-electron chi connectivity index (χ0n) is 9.29. The van der Waals surface area contributed by atoms with Crippen molar-refractivity contribution in [3.63, 3.8) is 0 Å². The molecule has 0 unspecified atom stereocenters. The molecule has 3 N–H and O–H groups in total. The zero-order chi connectivity index (χ0) is 11.3. The Morgan fingerprint density at radius 2 is 2.33 bits per heavy atom. The van der Waals surface area contributed by atoms with Gasteiger partial charge in [0.2, 0.25) is 0 Å². The molecule has 5 heteroatoms. The van der Waals surface area contributed by atoms with Gasteiger partial charge >= 0.3 is 0 Å². The van der Waals surface area contributed by atoms with Gasteiger partial charge in [-0.05, 0) is 13.3 Å². The maximum absolute atomic E-state index is 11.6. The van der Waals surface area contributed by atoms with Crippen molar-refractivity contribution in [1.29, 1.82) is 0 Å².